The lowest BCUT2D eigenvalue weighted by Gasteiger charge is -2.48. The molecule has 1 aliphatic rings. The summed E-state index contributed by atoms with van der Waals surface area (Å²) < 4.78 is 12.5. The number of ether oxygens (including phenoxy) is 1. The van der Waals surface area contributed by atoms with Gasteiger partial charge in [0.2, 0.25) is 0 Å². The Morgan fingerprint density at radius 1 is 1.33 bits per heavy atom. The minimum atomic E-state index is -1.74. The van der Waals surface area contributed by atoms with Crippen molar-refractivity contribution < 1.29 is 24.5 Å². The lowest BCUT2D eigenvalue weighted by atomic mass is 9.91. The van der Waals surface area contributed by atoms with Crippen LogP contribution < -0.4 is 0 Å². The van der Waals surface area contributed by atoms with E-state index >= 15 is 0 Å². The third kappa shape index (κ3) is 4.04. The van der Waals surface area contributed by atoms with Crippen LogP contribution in [0, 0.1) is 0 Å². The van der Waals surface area contributed by atoms with Crippen molar-refractivity contribution in [2.75, 3.05) is 6.61 Å². The minimum Gasteiger partial charge on any atom is -0.394 e. The van der Waals surface area contributed by atoms with Crippen LogP contribution in [0.25, 0.3) is 0 Å². The van der Waals surface area contributed by atoms with Gasteiger partial charge in [0.25, 0.3) is 0 Å². The molecule has 24 heavy (non-hydrogen) atoms. The first-order valence-corrected chi connectivity index (χ1v) is 10.9. The molecule has 2 rings (SSSR count). The molecule has 0 radical (unpaired) electrons. The second-order valence-corrected chi connectivity index (χ2v) is 11.2. The minimum absolute atomic E-state index is 0.0162. The molecule has 136 valence electrons. The molecule has 3 N–H and O–H groups in total. The van der Waals surface area contributed by atoms with Gasteiger partial charge >= 0.3 is 0 Å². The van der Waals surface area contributed by atoms with E-state index in [0.717, 1.165) is 0 Å². The molecule has 0 bridgehead atoms. The zero-order valence-corrected chi connectivity index (χ0v) is 16.7. The molecule has 0 spiro atoms. The third-order valence-electron chi connectivity index (χ3n) is 4.68. The Kier molecular flexibility index (Phi) is 6.18. The molecule has 1 aromatic rings. The molecular formula is C17H28O5SSi. The summed E-state index contributed by atoms with van der Waals surface area (Å²) in [7, 11) is -1.74. The number of thiol groups is 1. The zero-order valence-electron chi connectivity index (χ0n) is 14.6. The van der Waals surface area contributed by atoms with E-state index in [1.165, 1.54) is 0 Å². The van der Waals surface area contributed by atoms with Crippen molar-refractivity contribution >= 4 is 21.7 Å². The maximum absolute atomic E-state index is 10.4. The lowest BCUT2D eigenvalue weighted by Crippen LogP contribution is -2.57. The molecule has 0 aliphatic carbocycles. The topological polar surface area (TPSA) is 79.2 Å². The smallest absolute Gasteiger partial charge is 0.189 e. The first kappa shape index (κ1) is 19.9. The molecular weight excluding hydrogens is 344 g/mol. The first-order chi connectivity index (χ1) is 11.1. The van der Waals surface area contributed by atoms with E-state index in [2.05, 4.69) is 39.9 Å². The largest absolute Gasteiger partial charge is 0.394 e. The van der Waals surface area contributed by atoms with Crippen LogP contribution in [0.1, 0.15) is 32.8 Å². The second kappa shape index (κ2) is 7.45. The first-order valence-electron chi connectivity index (χ1n) is 8.22. The molecule has 0 amide bonds. The SMILES string of the molecule is C[SiH](O[C@]1(c2ccccc2S)C[C@H](O)[C@@H](O)[C@H](CO)O1)C(C)(C)C. The van der Waals surface area contributed by atoms with E-state index in [0.29, 0.717) is 10.5 Å². The van der Waals surface area contributed by atoms with Crippen molar-refractivity contribution in [1.82, 2.24) is 0 Å². The molecule has 1 fully saturated rings. The van der Waals surface area contributed by atoms with Gasteiger partial charge in [-0.15, -0.1) is 12.6 Å². The number of hydrogen-bond acceptors (Lipinski definition) is 6. The van der Waals surface area contributed by atoms with E-state index < -0.39 is 39.7 Å². The van der Waals surface area contributed by atoms with Gasteiger partial charge in [-0.05, 0) is 17.7 Å². The highest BCUT2D eigenvalue weighted by Crippen LogP contribution is 2.44. The number of hydrogen-bond donors (Lipinski definition) is 4. The normalized spacial score (nSPS) is 32.6. The molecule has 1 unspecified atom stereocenters. The van der Waals surface area contributed by atoms with Gasteiger partial charge in [-0.2, -0.15) is 0 Å². The Morgan fingerprint density at radius 2 is 1.96 bits per heavy atom. The van der Waals surface area contributed by atoms with E-state index in [4.69, 9.17) is 9.16 Å². The average molecular weight is 373 g/mol. The fourth-order valence-electron chi connectivity index (χ4n) is 2.72. The summed E-state index contributed by atoms with van der Waals surface area (Å²) >= 11 is 4.52. The molecule has 1 aliphatic heterocycles. The predicted octanol–water partition coefficient (Wildman–Crippen LogP) is 1.80. The Bertz CT molecular complexity index is 564. The summed E-state index contributed by atoms with van der Waals surface area (Å²) in [6.45, 7) is 8.02. The third-order valence-corrected chi connectivity index (χ3v) is 8.24. The Balaban J connectivity index is 2.48. The van der Waals surface area contributed by atoms with E-state index in [1.54, 1.807) is 0 Å². The maximum Gasteiger partial charge on any atom is 0.189 e. The highest BCUT2D eigenvalue weighted by Gasteiger charge is 2.50. The standard InChI is InChI=1S/C17H28O5SSi/c1-16(2,3)24(4)22-17(11-7-5-6-8-14(11)23)9-12(19)15(20)13(10-18)21-17/h5-8,12-13,15,18-20,23-24H,9-10H2,1-4H3/t12-,13-,15+,17-,24?/m0/s1. The van der Waals surface area contributed by atoms with Gasteiger partial charge in [-0.25, -0.2) is 0 Å². The summed E-state index contributed by atoms with van der Waals surface area (Å²) in [4.78, 5) is 0.688. The average Bonchev–Trinajstić information content (AvgIpc) is 2.50. The number of aliphatic hydroxyl groups excluding tert-OH is 3. The van der Waals surface area contributed by atoms with Crippen LogP contribution in [0.4, 0.5) is 0 Å². The molecule has 7 heteroatoms. The van der Waals surface area contributed by atoms with Gasteiger partial charge in [0.1, 0.15) is 12.2 Å². The van der Waals surface area contributed by atoms with Crippen molar-refractivity contribution in [3.8, 4) is 0 Å². The van der Waals surface area contributed by atoms with Crippen LogP contribution in [0.3, 0.4) is 0 Å². The van der Waals surface area contributed by atoms with Crippen LogP contribution in [0.2, 0.25) is 11.6 Å². The second-order valence-electron chi connectivity index (χ2n) is 7.50. The fraction of sp³-hybridized carbons (Fsp3) is 0.647. The molecule has 0 saturated carbocycles. The zero-order chi connectivity index (χ0) is 18.1. The van der Waals surface area contributed by atoms with Crippen molar-refractivity contribution in [2.45, 2.75) is 67.8 Å². The Hall–Kier alpha value is -0.413. The highest BCUT2D eigenvalue weighted by molar-refractivity contribution is 7.80. The van der Waals surface area contributed by atoms with Gasteiger partial charge in [0.15, 0.2) is 14.8 Å². The van der Waals surface area contributed by atoms with Gasteiger partial charge in [0, 0.05) is 16.9 Å². The number of benzene rings is 1. The molecule has 1 aromatic carbocycles. The van der Waals surface area contributed by atoms with Crippen LogP contribution in [-0.4, -0.2) is 49.3 Å². The van der Waals surface area contributed by atoms with E-state index in [1.807, 2.05) is 24.3 Å². The Morgan fingerprint density at radius 3 is 2.50 bits per heavy atom. The quantitative estimate of drug-likeness (QED) is 0.479. The van der Waals surface area contributed by atoms with Crippen LogP contribution in [-0.2, 0) is 14.9 Å². The summed E-state index contributed by atoms with van der Waals surface area (Å²) in [5, 5.41) is 30.0. The van der Waals surface area contributed by atoms with Gasteiger partial charge in [-0.1, -0.05) is 39.0 Å². The predicted molar refractivity (Wildman–Crippen MR) is 97.8 cm³/mol. The molecule has 5 nitrogen and oxygen atoms in total. The van der Waals surface area contributed by atoms with Crippen molar-refractivity contribution in [3.05, 3.63) is 29.8 Å². The van der Waals surface area contributed by atoms with Crippen LogP contribution in [0.5, 0.6) is 0 Å². The summed E-state index contributed by atoms with van der Waals surface area (Å²) in [5.41, 5.74) is 0.710. The van der Waals surface area contributed by atoms with Gasteiger partial charge in [-0.3, -0.25) is 0 Å². The van der Waals surface area contributed by atoms with Crippen molar-refractivity contribution in [2.24, 2.45) is 0 Å². The van der Waals surface area contributed by atoms with Gasteiger partial charge in [0.05, 0.1) is 12.7 Å². The molecule has 1 saturated heterocycles. The molecule has 5 atom stereocenters. The monoisotopic (exact) mass is 372 g/mol. The molecule has 0 aromatic heterocycles. The summed E-state index contributed by atoms with van der Waals surface area (Å²) in [6.07, 6.45) is -3.02. The van der Waals surface area contributed by atoms with E-state index in [-0.39, 0.29) is 11.5 Å². The maximum atomic E-state index is 10.4. The Labute approximate surface area is 150 Å². The summed E-state index contributed by atoms with van der Waals surface area (Å²) in [5.74, 6) is -1.22. The van der Waals surface area contributed by atoms with Crippen molar-refractivity contribution in [3.63, 3.8) is 0 Å². The number of aliphatic hydroxyl groups is 3. The summed E-state index contributed by atoms with van der Waals surface area (Å²) in [6, 6.07) is 7.41. The van der Waals surface area contributed by atoms with Crippen LogP contribution in [0.15, 0.2) is 29.2 Å². The van der Waals surface area contributed by atoms with Gasteiger partial charge < -0.3 is 24.5 Å². The fourth-order valence-corrected chi connectivity index (χ4v) is 4.26. The van der Waals surface area contributed by atoms with Crippen LogP contribution >= 0.6 is 12.6 Å². The number of rotatable bonds is 4. The molecule has 1 heterocycles. The van der Waals surface area contributed by atoms with E-state index in [9.17, 15) is 15.3 Å². The lowest BCUT2D eigenvalue weighted by molar-refractivity contribution is -0.304. The highest BCUT2D eigenvalue weighted by atomic mass is 32.1. The van der Waals surface area contributed by atoms with Crippen molar-refractivity contribution in [1.29, 1.82) is 0 Å².